The highest BCUT2D eigenvalue weighted by molar-refractivity contribution is 7.89. The van der Waals surface area contributed by atoms with Gasteiger partial charge in [-0.15, -0.1) is 0 Å². The molecular weight excluding hydrogens is 352 g/mol. The van der Waals surface area contributed by atoms with Gasteiger partial charge in [0.15, 0.2) is 0 Å². The van der Waals surface area contributed by atoms with E-state index in [1.807, 2.05) is 0 Å². The SMILES string of the molecule is CCS(=O)(=O)N1CCC2(C1)c1ccccc1S(=O)(=O)N2CCOC. The average molecular weight is 374 g/mol. The van der Waals surface area contributed by atoms with Crippen LogP contribution in [0.25, 0.3) is 0 Å². The topological polar surface area (TPSA) is 84.0 Å². The maximum absolute atomic E-state index is 13.0. The summed E-state index contributed by atoms with van der Waals surface area (Å²) < 4.78 is 58.4. The second kappa shape index (κ2) is 6.06. The average Bonchev–Trinajstić information content (AvgIpc) is 3.08. The van der Waals surface area contributed by atoms with Gasteiger partial charge in [-0.25, -0.2) is 16.8 Å². The van der Waals surface area contributed by atoms with Crippen molar-refractivity contribution in [2.45, 2.75) is 23.8 Å². The van der Waals surface area contributed by atoms with Crippen LogP contribution < -0.4 is 0 Å². The molecular formula is C15H22N2O5S2. The van der Waals surface area contributed by atoms with Crippen molar-refractivity contribution in [1.29, 1.82) is 0 Å². The third-order valence-corrected chi connectivity index (χ3v) is 8.76. The number of fused-ring (bicyclic) bond motifs is 2. The fraction of sp³-hybridized carbons (Fsp3) is 0.600. The van der Waals surface area contributed by atoms with Crippen LogP contribution in [0.1, 0.15) is 18.9 Å². The number of sulfonamides is 2. The lowest BCUT2D eigenvalue weighted by atomic mass is 9.89. The zero-order valence-electron chi connectivity index (χ0n) is 13.8. The predicted molar refractivity (Wildman–Crippen MR) is 89.5 cm³/mol. The fourth-order valence-corrected chi connectivity index (χ4v) is 6.86. The highest BCUT2D eigenvalue weighted by Gasteiger charge is 2.57. The van der Waals surface area contributed by atoms with Crippen molar-refractivity contribution in [2.24, 2.45) is 0 Å². The molecule has 1 aromatic rings. The number of hydrogen-bond acceptors (Lipinski definition) is 5. The summed E-state index contributed by atoms with van der Waals surface area (Å²) in [4.78, 5) is 0.275. The van der Waals surface area contributed by atoms with E-state index in [0.29, 0.717) is 18.5 Å². The van der Waals surface area contributed by atoms with Gasteiger partial charge in [0.25, 0.3) is 0 Å². The molecule has 24 heavy (non-hydrogen) atoms. The van der Waals surface area contributed by atoms with E-state index in [2.05, 4.69) is 0 Å². The highest BCUT2D eigenvalue weighted by Crippen LogP contribution is 2.49. The van der Waals surface area contributed by atoms with Crippen molar-refractivity contribution < 1.29 is 21.6 Å². The number of ether oxygens (including phenoxy) is 1. The van der Waals surface area contributed by atoms with E-state index in [1.165, 1.54) is 15.7 Å². The molecule has 1 aromatic carbocycles. The molecule has 7 nitrogen and oxygen atoms in total. The van der Waals surface area contributed by atoms with E-state index >= 15 is 0 Å². The van der Waals surface area contributed by atoms with Crippen molar-refractivity contribution in [3.8, 4) is 0 Å². The smallest absolute Gasteiger partial charge is 0.244 e. The minimum Gasteiger partial charge on any atom is -0.383 e. The molecule has 1 atom stereocenters. The summed E-state index contributed by atoms with van der Waals surface area (Å²) in [5, 5.41) is 0. The summed E-state index contributed by atoms with van der Waals surface area (Å²) in [7, 11) is -5.50. The Labute approximate surface area is 143 Å². The largest absolute Gasteiger partial charge is 0.383 e. The van der Waals surface area contributed by atoms with Crippen molar-refractivity contribution >= 4 is 20.0 Å². The molecule has 2 aliphatic heterocycles. The second-order valence-electron chi connectivity index (χ2n) is 6.08. The molecule has 0 aromatic heterocycles. The molecule has 2 aliphatic rings. The van der Waals surface area contributed by atoms with Crippen LogP contribution >= 0.6 is 0 Å². The Morgan fingerprint density at radius 3 is 2.67 bits per heavy atom. The number of hydrogen-bond donors (Lipinski definition) is 0. The van der Waals surface area contributed by atoms with Crippen molar-refractivity contribution in [2.75, 3.05) is 39.1 Å². The molecule has 0 aliphatic carbocycles. The van der Waals surface area contributed by atoms with E-state index in [4.69, 9.17) is 4.74 Å². The van der Waals surface area contributed by atoms with Gasteiger partial charge in [-0.05, 0) is 25.0 Å². The van der Waals surface area contributed by atoms with Gasteiger partial charge in [-0.2, -0.15) is 8.61 Å². The van der Waals surface area contributed by atoms with Crippen LogP contribution in [0, 0.1) is 0 Å². The van der Waals surface area contributed by atoms with Crippen LogP contribution in [0.3, 0.4) is 0 Å². The summed E-state index contributed by atoms with van der Waals surface area (Å²) in [5.74, 6) is 0.00947. The maximum atomic E-state index is 13.0. The number of benzene rings is 1. The van der Waals surface area contributed by atoms with Crippen LogP contribution in [0.2, 0.25) is 0 Å². The van der Waals surface area contributed by atoms with Crippen molar-refractivity contribution in [3.63, 3.8) is 0 Å². The van der Waals surface area contributed by atoms with Gasteiger partial charge in [0, 0.05) is 26.7 Å². The van der Waals surface area contributed by atoms with Crippen molar-refractivity contribution in [1.82, 2.24) is 8.61 Å². The van der Waals surface area contributed by atoms with Crippen LogP contribution in [0.4, 0.5) is 0 Å². The number of methoxy groups -OCH3 is 1. The lowest BCUT2D eigenvalue weighted by Gasteiger charge is -2.33. The first-order chi connectivity index (χ1) is 11.3. The fourth-order valence-electron chi connectivity index (χ4n) is 3.67. The highest BCUT2D eigenvalue weighted by atomic mass is 32.2. The van der Waals surface area contributed by atoms with Gasteiger partial charge in [0.05, 0.1) is 22.8 Å². The van der Waals surface area contributed by atoms with Crippen LogP contribution in [-0.4, -0.2) is 64.5 Å². The normalized spacial score (nSPS) is 26.9. The molecule has 1 saturated heterocycles. The molecule has 134 valence electrons. The van der Waals surface area contributed by atoms with E-state index in [9.17, 15) is 16.8 Å². The molecule has 9 heteroatoms. The summed E-state index contributed by atoms with van der Waals surface area (Å²) in [6.07, 6.45) is 0.451. The molecule has 0 bridgehead atoms. The minimum atomic E-state index is -3.65. The molecule has 0 saturated carbocycles. The maximum Gasteiger partial charge on any atom is 0.244 e. The third-order valence-electron chi connectivity index (χ3n) is 4.90. The zero-order valence-corrected chi connectivity index (χ0v) is 15.4. The Bertz CT molecular complexity index is 837. The Kier molecular flexibility index (Phi) is 4.50. The Hall–Kier alpha value is -1.00. The van der Waals surface area contributed by atoms with Gasteiger partial charge in [0.1, 0.15) is 0 Å². The molecule has 0 amide bonds. The first kappa shape index (κ1) is 17.8. The van der Waals surface area contributed by atoms with E-state index < -0.39 is 25.6 Å². The lowest BCUT2D eigenvalue weighted by molar-refractivity contribution is 0.135. The van der Waals surface area contributed by atoms with E-state index in [1.54, 1.807) is 31.2 Å². The zero-order chi connectivity index (χ0) is 17.6. The Morgan fingerprint density at radius 2 is 2.00 bits per heavy atom. The minimum absolute atomic E-state index is 0.00947. The van der Waals surface area contributed by atoms with Crippen LogP contribution in [0.15, 0.2) is 29.2 Å². The third kappa shape index (κ3) is 2.50. The summed E-state index contributed by atoms with van der Waals surface area (Å²) in [6.45, 7) is 2.54. The van der Waals surface area contributed by atoms with Crippen molar-refractivity contribution in [3.05, 3.63) is 29.8 Å². The van der Waals surface area contributed by atoms with Crippen LogP contribution in [0.5, 0.6) is 0 Å². The molecule has 0 radical (unpaired) electrons. The summed E-state index contributed by atoms with van der Waals surface area (Å²) >= 11 is 0. The molecule has 1 spiro atoms. The molecule has 3 rings (SSSR count). The van der Waals surface area contributed by atoms with E-state index in [0.717, 1.165) is 0 Å². The van der Waals surface area contributed by atoms with Crippen LogP contribution in [-0.2, 0) is 30.3 Å². The second-order valence-corrected chi connectivity index (χ2v) is 10.2. The van der Waals surface area contributed by atoms with Gasteiger partial charge in [-0.1, -0.05) is 18.2 Å². The predicted octanol–water partition coefficient (Wildman–Crippen LogP) is 0.588. The van der Waals surface area contributed by atoms with Gasteiger partial charge in [0.2, 0.25) is 20.0 Å². The number of rotatable bonds is 5. The first-order valence-electron chi connectivity index (χ1n) is 7.89. The first-order valence-corrected chi connectivity index (χ1v) is 10.9. The van der Waals surface area contributed by atoms with Gasteiger partial charge in [-0.3, -0.25) is 0 Å². The summed E-state index contributed by atoms with van der Waals surface area (Å²) in [6, 6.07) is 6.88. The molecule has 1 fully saturated rings. The van der Waals surface area contributed by atoms with Gasteiger partial charge >= 0.3 is 0 Å². The van der Waals surface area contributed by atoms with Gasteiger partial charge < -0.3 is 4.74 Å². The Balaban J connectivity index is 2.10. The Morgan fingerprint density at radius 1 is 1.29 bits per heavy atom. The number of nitrogens with zero attached hydrogens (tertiary/aromatic N) is 2. The summed E-state index contributed by atoms with van der Waals surface area (Å²) in [5.41, 5.74) is -0.147. The standard InChI is InChI=1S/C15H22N2O5S2/c1-3-23(18,19)16-9-8-15(12-16)13-6-4-5-7-14(13)24(20,21)17(15)10-11-22-2/h4-7H,3,8-12H2,1-2H3. The monoisotopic (exact) mass is 374 g/mol. The van der Waals surface area contributed by atoms with E-state index in [-0.39, 0.29) is 30.3 Å². The molecule has 0 N–H and O–H groups in total. The molecule has 1 unspecified atom stereocenters. The molecule has 2 heterocycles. The lowest BCUT2D eigenvalue weighted by Crippen LogP contribution is -2.47. The quantitative estimate of drug-likeness (QED) is 0.753.